The first-order valence-electron chi connectivity index (χ1n) is 8.21. The van der Waals surface area contributed by atoms with Gasteiger partial charge in [-0.05, 0) is 37.1 Å². The lowest BCUT2D eigenvalue weighted by Gasteiger charge is -2.04. The minimum absolute atomic E-state index is 0.637. The number of aromatic amines is 1. The molecule has 6 heteroatoms. The highest BCUT2D eigenvalue weighted by Gasteiger charge is 2.10. The average molecular weight is 324 g/mol. The fraction of sp³-hybridized carbons (Fsp3) is 0.333. The van der Waals surface area contributed by atoms with E-state index in [4.69, 9.17) is 0 Å². The minimum atomic E-state index is 0.637. The van der Waals surface area contributed by atoms with Gasteiger partial charge in [-0.3, -0.25) is 0 Å². The zero-order valence-electron chi connectivity index (χ0n) is 14.9. The summed E-state index contributed by atoms with van der Waals surface area (Å²) in [6.45, 7) is 8.85. The van der Waals surface area contributed by atoms with E-state index in [0.29, 0.717) is 5.95 Å². The highest BCUT2D eigenvalue weighted by molar-refractivity contribution is 5.93. The van der Waals surface area contributed by atoms with Crippen molar-refractivity contribution in [2.75, 3.05) is 18.9 Å². The Morgan fingerprint density at radius 3 is 2.71 bits per heavy atom. The molecule has 24 heavy (non-hydrogen) atoms. The molecule has 1 aromatic carbocycles. The number of hydrogen-bond acceptors (Lipinski definition) is 5. The number of hydrogen-bond donors (Lipinski definition) is 2. The molecule has 2 heterocycles. The lowest BCUT2D eigenvalue weighted by Crippen LogP contribution is -2.01. The van der Waals surface area contributed by atoms with Crippen LogP contribution in [0.1, 0.15) is 26.3 Å². The van der Waals surface area contributed by atoms with Crippen LogP contribution in [0.5, 0.6) is 0 Å². The molecule has 6 nitrogen and oxygen atoms in total. The lowest BCUT2D eigenvalue weighted by atomic mass is 10.0. The number of H-pyrrole nitrogens is 1. The fourth-order valence-corrected chi connectivity index (χ4v) is 2.43. The predicted octanol–water partition coefficient (Wildman–Crippen LogP) is 5.10. The van der Waals surface area contributed by atoms with Crippen molar-refractivity contribution in [3.05, 3.63) is 36.2 Å². The van der Waals surface area contributed by atoms with E-state index in [1.165, 1.54) is 0 Å². The molecule has 2 N–H and O–H groups in total. The summed E-state index contributed by atoms with van der Waals surface area (Å²) in [6, 6.07) is 6.12. The van der Waals surface area contributed by atoms with Crippen molar-refractivity contribution >= 4 is 22.7 Å². The van der Waals surface area contributed by atoms with Crippen molar-refractivity contribution in [2.45, 2.75) is 27.7 Å². The van der Waals surface area contributed by atoms with E-state index in [9.17, 15) is 0 Å². The number of benzene rings is 1. The van der Waals surface area contributed by atoms with Gasteiger partial charge in [-0.1, -0.05) is 19.9 Å². The third kappa shape index (κ3) is 3.59. The van der Waals surface area contributed by atoms with Crippen LogP contribution in [0.2, 0.25) is 0 Å². The smallest absolute Gasteiger partial charge is 0.224 e. The fourth-order valence-electron chi connectivity index (χ4n) is 2.43. The Labute approximate surface area is 142 Å². The molecule has 0 fully saturated rings. The molecule has 0 bridgehead atoms. The molecular formula is C18H24N6. The number of azo groups is 1. The zero-order chi connectivity index (χ0) is 17.5. The molecule has 0 unspecified atom stereocenters. The van der Waals surface area contributed by atoms with Gasteiger partial charge < -0.3 is 10.3 Å². The van der Waals surface area contributed by atoms with Crippen molar-refractivity contribution in [3.8, 4) is 11.1 Å². The van der Waals surface area contributed by atoms with Crippen molar-refractivity contribution in [2.24, 2.45) is 10.2 Å². The third-order valence-electron chi connectivity index (χ3n) is 3.48. The number of rotatable bonds is 4. The summed E-state index contributed by atoms with van der Waals surface area (Å²) in [5.74, 6) is 0.637. The molecular weight excluding hydrogens is 300 g/mol. The van der Waals surface area contributed by atoms with Crippen LogP contribution in [0.15, 0.2) is 40.8 Å². The Morgan fingerprint density at radius 1 is 1.25 bits per heavy atom. The van der Waals surface area contributed by atoms with Gasteiger partial charge in [0.25, 0.3) is 0 Å². The van der Waals surface area contributed by atoms with Crippen LogP contribution < -0.4 is 5.32 Å². The number of anilines is 1. The maximum Gasteiger partial charge on any atom is 0.224 e. The van der Waals surface area contributed by atoms with E-state index in [2.05, 4.69) is 36.6 Å². The highest BCUT2D eigenvalue weighted by Crippen LogP contribution is 2.31. The number of nitrogens with zero attached hydrogens (tertiary/aromatic N) is 4. The van der Waals surface area contributed by atoms with Gasteiger partial charge >= 0.3 is 0 Å². The standard InChI is InChI=1S/C16H18N6.C2H6/c1-4-18-16-20-9-13-12(8-19-15(13)21-16)11-5-6-14(22-17-3)10(2)7-11;1-2/h5-9H,4H2,1-3H3,(H2,18,19,20,21);1-2H3. The molecule has 0 radical (unpaired) electrons. The molecule has 0 aliphatic carbocycles. The quantitative estimate of drug-likeness (QED) is 0.655. The van der Waals surface area contributed by atoms with Crippen molar-refractivity contribution in [1.82, 2.24) is 15.0 Å². The average Bonchev–Trinajstić information content (AvgIpc) is 3.02. The predicted molar refractivity (Wildman–Crippen MR) is 100 cm³/mol. The molecule has 3 aromatic rings. The van der Waals surface area contributed by atoms with Crippen molar-refractivity contribution in [1.29, 1.82) is 0 Å². The summed E-state index contributed by atoms with van der Waals surface area (Å²) in [6.07, 6.45) is 3.81. The maximum absolute atomic E-state index is 4.47. The second-order valence-electron chi connectivity index (χ2n) is 4.99. The van der Waals surface area contributed by atoms with Gasteiger partial charge in [0.1, 0.15) is 5.65 Å². The molecule has 2 aromatic heterocycles. The summed E-state index contributed by atoms with van der Waals surface area (Å²) in [5.41, 5.74) is 5.00. The van der Waals surface area contributed by atoms with E-state index in [1.807, 2.05) is 52.2 Å². The Morgan fingerprint density at radius 2 is 2.04 bits per heavy atom. The highest BCUT2D eigenvalue weighted by atomic mass is 15.1. The molecule has 0 aliphatic heterocycles. The van der Waals surface area contributed by atoms with E-state index in [0.717, 1.165) is 40.0 Å². The van der Waals surface area contributed by atoms with E-state index < -0.39 is 0 Å². The number of aromatic nitrogens is 3. The lowest BCUT2D eigenvalue weighted by molar-refractivity contribution is 1.10. The summed E-state index contributed by atoms with van der Waals surface area (Å²) in [4.78, 5) is 12.0. The Kier molecular flexibility index (Phi) is 6.01. The van der Waals surface area contributed by atoms with Crippen LogP contribution >= 0.6 is 0 Å². The van der Waals surface area contributed by atoms with Crippen LogP contribution in [-0.2, 0) is 0 Å². The largest absolute Gasteiger partial charge is 0.354 e. The van der Waals surface area contributed by atoms with Crippen LogP contribution in [0.3, 0.4) is 0 Å². The van der Waals surface area contributed by atoms with E-state index in [1.54, 1.807) is 7.05 Å². The van der Waals surface area contributed by atoms with E-state index >= 15 is 0 Å². The van der Waals surface area contributed by atoms with Crippen LogP contribution in [0.4, 0.5) is 11.6 Å². The normalized spacial score (nSPS) is 10.7. The van der Waals surface area contributed by atoms with Gasteiger partial charge in [-0.2, -0.15) is 15.2 Å². The summed E-state index contributed by atoms with van der Waals surface area (Å²) < 4.78 is 0. The minimum Gasteiger partial charge on any atom is -0.354 e. The number of nitrogens with one attached hydrogen (secondary N) is 2. The van der Waals surface area contributed by atoms with Crippen LogP contribution in [0.25, 0.3) is 22.2 Å². The molecule has 0 aliphatic rings. The maximum atomic E-state index is 4.47. The zero-order valence-corrected chi connectivity index (χ0v) is 14.9. The van der Waals surface area contributed by atoms with Crippen LogP contribution in [0, 0.1) is 6.92 Å². The van der Waals surface area contributed by atoms with Gasteiger partial charge in [-0.15, -0.1) is 0 Å². The Balaban J connectivity index is 0.00000100. The summed E-state index contributed by atoms with van der Waals surface area (Å²) in [7, 11) is 1.67. The molecule has 0 saturated carbocycles. The van der Waals surface area contributed by atoms with Gasteiger partial charge in [0, 0.05) is 36.9 Å². The molecule has 126 valence electrons. The number of aryl methyl sites for hydroxylation is 1. The van der Waals surface area contributed by atoms with Gasteiger partial charge in [-0.25, -0.2) is 4.98 Å². The molecule has 3 rings (SSSR count). The molecule has 0 saturated heterocycles. The summed E-state index contributed by atoms with van der Waals surface area (Å²) in [5, 5.41) is 12.1. The Bertz CT molecular complexity index is 835. The molecule has 0 atom stereocenters. The number of fused-ring (bicyclic) bond motifs is 1. The van der Waals surface area contributed by atoms with Gasteiger partial charge in [0.05, 0.1) is 5.69 Å². The SMILES string of the molecule is CC.CCNc1ncc2c(-c3ccc(N=NC)c(C)c3)c[nH]c2n1. The second kappa shape index (κ2) is 8.19. The summed E-state index contributed by atoms with van der Waals surface area (Å²) >= 11 is 0. The molecule has 0 amide bonds. The first-order chi connectivity index (χ1) is 11.7. The van der Waals surface area contributed by atoms with Crippen LogP contribution in [-0.4, -0.2) is 28.5 Å². The van der Waals surface area contributed by atoms with E-state index in [-0.39, 0.29) is 0 Å². The van der Waals surface area contributed by atoms with Crippen molar-refractivity contribution < 1.29 is 0 Å². The molecule has 0 spiro atoms. The van der Waals surface area contributed by atoms with Gasteiger partial charge in [0.2, 0.25) is 5.95 Å². The first kappa shape index (κ1) is 17.6. The van der Waals surface area contributed by atoms with Crippen molar-refractivity contribution in [3.63, 3.8) is 0 Å². The third-order valence-corrected chi connectivity index (χ3v) is 3.48. The topological polar surface area (TPSA) is 78.3 Å². The first-order valence-corrected chi connectivity index (χ1v) is 8.21. The van der Waals surface area contributed by atoms with Gasteiger partial charge in [0.15, 0.2) is 0 Å². The Hall–Kier alpha value is -2.76. The second-order valence-corrected chi connectivity index (χ2v) is 4.99. The monoisotopic (exact) mass is 324 g/mol.